The van der Waals surface area contributed by atoms with Gasteiger partial charge in [-0.2, -0.15) is 0 Å². The van der Waals surface area contributed by atoms with E-state index in [9.17, 15) is 0 Å². The number of thiazole rings is 1. The molecule has 114 valence electrons. The number of hydrogen-bond donors (Lipinski definition) is 1. The molecule has 1 fully saturated rings. The van der Waals surface area contributed by atoms with E-state index in [1.165, 1.54) is 54.4 Å². The zero-order valence-corrected chi connectivity index (χ0v) is 14.1. The highest BCUT2D eigenvalue weighted by atomic mass is 32.1. The molecule has 1 aromatic rings. The van der Waals surface area contributed by atoms with Gasteiger partial charge in [-0.05, 0) is 45.6 Å². The molecule has 1 N–H and O–H groups in total. The average Bonchev–Trinajstić information content (AvgIpc) is 2.87. The minimum absolute atomic E-state index is 0.653. The Balaban J connectivity index is 2.01. The third-order valence-corrected chi connectivity index (χ3v) is 5.28. The fourth-order valence-electron chi connectivity index (χ4n) is 2.79. The van der Waals surface area contributed by atoms with Crippen LogP contribution in [0.5, 0.6) is 0 Å². The van der Waals surface area contributed by atoms with E-state index < -0.39 is 0 Å². The third-order valence-electron chi connectivity index (χ3n) is 4.14. The van der Waals surface area contributed by atoms with E-state index in [-0.39, 0.29) is 0 Å². The maximum Gasteiger partial charge on any atom is 0.186 e. The summed E-state index contributed by atoms with van der Waals surface area (Å²) >= 11 is 1.90. The van der Waals surface area contributed by atoms with Crippen molar-refractivity contribution in [3.05, 3.63) is 10.6 Å². The van der Waals surface area contributed by atoms with Gasteiger partial charge in [0.2, 0.25) is 0 Å². The number of piperidine rings is 1. The van der Waals surface area contributed by atoms with Crippen LogP contribution in [0, 0.1) is 0 Å². The van der Waals surface area contributed by atoms with Crippen LogP contribution < -0.4 is 10.2 Å². The van der Waals surface area contributed by atoms with Crippen LogP contribution in [0.4, 0.5) is 5.13 Å². The summed E-state index contributed by atoms with van der Waals surface area (Å²) < 4.78 is 0. The number of aromatic nitrogens is 1. The van der Waals surface area contributed by atoms with Crippen LogP contribution in [0.15, 0.2) is 0 Å². The lowest BCUT2D eigenvalue weighted by atomic mass is 10.1. The molecule has 1 atom stereocenters. The average molecular weight is 295 g/mol. The van der Waals surface area contributed by atoms with E-state index in [2.05, 4.69) is 31.0 Å². The Morgan fingerprint density at radius 2 is 2.20 bits per heavy atom. The normalized spacial score (nSPS) is 19.6. The first kappa shape index (κ1) is 15.8. The summed E-state index contributed by atoms with van der Waals surface area (Å²) in [6.07, 6.45) is 7.56. The van der Waals surface area contributed by atoms with Crippen LogP contribution in [0.25, 0.3) is 0 Å². The predicted octanol–water partition coefficient (Wildman–Crippen LogP) is 3.97. The second kappa shape index (κ2) is 7.99. The van der Waals surface area contributed by atoms with Gasteiger partial charge in [-0.15, -0.1) is 11.3 Å². The third kappa shape index (κ3) is 3.95. The van der Waals surface area contributed by atoms with Crippen LogP contribution >= 0.6 is 11.3 Å². The summed E-state index contributed by atoms with van der Waals surface area (Å²) in [4.78, 5) is 8.86. The lowest BCUT2D eigenvalue weighted by Gasteiger charge is -2.33. The molecule has 0 spiro atoms. The zero-order chi connectivity index (χ0) is 14.4. The second-order valence-electron chi connectivity index (χ2n) is 5.79. The predicted molar refractivity (Wildman–Crippen MR) is 88.8 cm³/mol. The Morgan fingerprint density at radius 3 is 2.90 bits per heavy atom. The first-order chi connectivity index (χ1) is 9.76. The van der Waals surface area contributed by atoms with E-state index in [4.69, 9.17) is 4.98 Å². The molecule has 2 rings (SSSR count). The Hall–Kier alpha value is -0.610. The standard InChI is InChI=1S/C16H29N3S/c1-4-6-10-17-12-15-14(5-2)18-16(20-15)19-11-8-7-9-13(19)3/h13,17H,4-12H2,1-3H3. The van der Waals surface area contributed by atoms with Crippen molar-refractivity contribution in [2.75, 3.05) is 18.0 Å². The van der Waals surface area contributed by atoms with Gasteiger partial charge in [0.25, 0.3) is 0 Å². The molecule has 3 nitrogen and oxygen atoms in total. The van der Waals surface area contributed by atoms with Gasteiger partial charge in [0.15, 0.2) is 5.13 Å². The summed E-state index contributed by atoms with van der Waals surface area (Å²) in [7, 11) is 0. The number of aryl methyl sites for hydroxylation is 1. The number of hydrogen-bond acceptors (Lipinski definition) is 4. The van der Waals surface area contributed by atoms with Gasteiger partial charge >= 0.3 is 0 Å². The van der Waals surface area contributed by atoms with Gasteiger partial charge < -0.3 is 10.2 Å². The molecule has 0 aliphatic carbocycles. The quantitative estimate of drug-likeness (QED) is 0.771. The van der Waals surface area contributed by atoms with Gasteiger partial charge in [-0.25, -0.2) is 4.98 Å². The van der Waals surface area contributed by atoms with Crippen molar-refractivity contribution in [1.82, 2.24) is 10.3 Å². The summed E-state index contributed by atoms with van der Waals surface area (Å²) in [6, 6.07) is 0.653. The molecular formula is C16H29N3S. The lowest BCUT2D eigenvalue weighted by molar-refractivity contribution is 0.484. The Kier molecular flexibility index (Phi) is 6.30. The van der Waals surface area contributed by atoms with Crippen molar-refractivity contribution < 1.29 is 0 Å². The molecular weight excluding hydrogens is 266 g/mol. The van der Waals surface area contributed by atoms with Crippen LogP contribution in [0.3, 0.4) is 0 Å². The molecule has 2 heterocycles. The summed E-state index contributed by atoms with van der Waals surface area (Å²) in [5.41, 5.74) is 1.30. The highest BCUT2D eigenvalue weighted by Gasteiger charge is 2.22. The summed E-state index contributed by atoms with van der Waals surface area (Å²) in [6.45, 7) is 10.1. The molecule has 20 heavy (non-hydrogen) atoms. The van der Waals surface area contributed by atoms with Crippen LogP contribution in [-0.4, -0.2) is 24.1 Å². The first-order valence-electron chi connectivity index (χ1n) is 8.22. The SMILES string of the molecule is CCCCNCc1sc(N2CCCCC2C)nc1CC. The molecule has 0 saturated carbocycles. The second-order valence-corrected chi connectivity index (χ2v) is 6.85. The van der Waals surface area contributed by atoms with Gasteiger partial charge in [-0.3, -0.25) is 0 Å². The Bertz CT molecular complexity index is 402. The summed E-state index contributed by atoms with van der Waals surface area (Å²) in [5.74, 6) is 0. The number of rotatable bonds is 7. The van der Waals surface area contributed by atoms with E-state index in [1.54, 1.807) is 0 Å². The molecule has 1 aliphatic rings. The lowest BCUT2D eigenvalue weighted by Crippen LogP contribution is -2.37. The molecule has 0 aromatic carbocycles. The number of anilines is 1. The largest absolute Gasteiger partial charge is 0.345 e. The van der Waals surface area contributed by atoms with Crippen molar-refractivity contribution in [3.63, 3.8) is 0 Å². The van der Waals surface area contributed by atoms with E-state index in [0.717, 1.165) is 19.5 Å². The van der Waals surface area contributed by atoms with Crippen LogP contribution in [0.2, 0.25) is 0 Å². The topological polar surface area (TPSA) is 28.2 Å². The fourth-order valence-corrected chi connectivity index (χ4v) is 4.04. The molecule has 1 unspecified atom stereocenters. The number of nitrogens with zero attached hydrogens (tertiary/aromatic N) is 2. The molecule has 0 amide bonds. The van der Waals surface area contributed by atoms with E-state index >= 15 is 0 Å². The van der Waals surface area contributed by atoms with Gasteiger partial charge in [0, 0.05) is 24.0 Å². The first-order valence-corrected chi connectivity index (χ1v) is 9.03. The van der Waals surface area contributed by atoms with Gasteiger partial charge in [0.05, 0.1) is 5.69 Å². The van der Waals surface area contributed by atoms with E-state index in [0.29, 0.717) is 6.04 Å². The van der Waals surface area contributed by atoms with Gasteiger partial charge in [0.1, 0.15) is 0 Å². The minimum atomic E-state index is 0.653. The van der Waals surface area contributed by atoms with Crippen molar-refractivity contribution in [2.24, 2.45) is 0 Å². The Morgan fingerprint density at radius 1 is 1.35 bits per heavy atom. The van der Waals surface area contributed by atoms with Crippen molar-refractivity contribution >= 4 is 16.5 Å². The summed E-state index contributed by atoms with van der Waals surface area (Å²) in [5, 5.41) is 4.81. The molecule has 1 aliphatic heterocycles. The van der Waals surface area contributed by atoms with Crippen LogP contribution in [-0.2, 0) is 13.0 Å². The highest BCUT2D eigenvalue weighted by molar-refractivity contribution is 7.15. The monoisotopic (exact) mass is 295 g/mol. The number of nitrogens with one attached hydrogen (secondary N) is 1. The molecule has 1 aromatic heterocycles. The van der Waals surface area contributed by atoms with Crippen molar-refractivity contribution in [1.29, 1.82) is 0 Å². The minimum Gasteiger partial charge on any atom is -0.345 e. The van der Waals surface area contributed by atoms with Gasteiger partial charge in [-0.1, -0.05) is 20.3 Å². The molecule has 0 bridgehead atoms. The molecule has 1 saturated heterocycles. The molecule has 4 heteroatoms. The van der Waals surface area contributed by atoms with E-state index in [1.807, 2.05) is 11.3 Å². The number of unbranched alkanes of at least 4 members (excludes halogenated alkanes) is 1. The van der Waals surface area contributed by atoms with Crippen molar-refractivity contribution in [3.8, 4) is 0 Å². The van der Waals surface area contributed by atoms with Crippen LogP contribution in [0.1, 0.15) is 63.4 Å². The smallest absolute Gasteiger partial charge is 0.186 e. The highest BCUT2D eigenvalue weighted by Crippen LogP contribution is 2.31. The zero-order valence-electron chi connectivity index (χ0n) is 13.2. The maximum atomic E-state index is 4.91. The molecule has 0 radical (unpaired) electrons. The maximum absolute atomic E-state index is 4.91. The van der Waals surface area contributed by atoms with Crippen molar-refractivity contribution in [2.45, 2.75) is 71.9 Å². The Labute approximate surface area is 127 Å². The fraction of sp³-hybridized carbons (Fsp3) is 0.812.